The van der Waals surface area contributed by atoms with Crippen molar-refractivity contribution in [1.82, 2.24) is 4.98 Å². The fourth-order valence-corrected chi connectivity index (χ4v) is 2.10. The molecule has 0 aliphatic heterocycles. The Bertz CT molecular complexity index is 581. The van der Waals surface area contributed by atoms with Gasteiger partial charge >= 0.3 is 5.97 Å². The average molecular weight is 276 g/mol. The SMILES string of the molecule is Cc1cccc(CC(C(=O)O)c2ccc(Cl)cn2)c1. The maximum Gasteiger partial charge on any atom is 0.312 e. The fraction of sp³-hybridized carbons (Fsp3) is 0.200. The van der Waals surface area contributed by atoms with Crippen molar-refractivity contribution in [1.29, 1.82) is 0 Å². The van der Waals surface area contributed by atoms with Gasteiger partial charge in [0.25, 0.3) is 0 Å². The standard InChI is InChI=1S/C15H14ClNO2/c1-10-3-2-4-11(7-10)8-13(15(18)19)14-6-5-12(16)9-17-14/h2-7,9,13H,8H2,1H3,(H,18,19). The summed E-state index contributed by atoms with van der Waals surface area (Å²) in [5.41, 5.74) is 2.63. The van der Waals surface area contributed by atoms with Gasteiger partial charge in [0.05, 0.1) is 10.7 Å². The van der Waals surface area contributed by atoms with Gasteiger partial charge in [-0.2, -0.15) is 0 Å². The number of rotatable bonds is 4. The maximum atomic E-state index is 11.4. The first kappa shape index (κ1) is 13.6. The minimum Gasteiger partial charge on any atom is -0.481 e. The number of carbonyl (C=O) groups is 1. The lowest BCUT2D eigenvalue weighted by molar-refractivity contribution is -0.138. The summed E-state index contributed by atoms with van der Waals surface area (Å²) in [6, 6.07) is 11.2. The topological polar surface area (TPSA) is 50.2 Å². The van der Waals surface area contributed by atoms with Gasteiger partial charge in [0.1, 0.15) is 5.92 Å². The first-order valence-corrected chi connectivity index (χ1v) is 6.34. The van der Waals surface area contributed by atoms with Crippen molar-refractivity contribution < 1.29 is 9.90 Å². The van der Waals surface area contributed by atoms with Gasteiger partial charge < -0.3 is 5.11 Å². The summed E-state index contributed by atoms with van der Waals surface area (Å²) in [5.74, 6) is -1.53. The Kier molecular flexibility index (Phi) is 4.17. The van der Waals surface area contributed by atoms with Gasteiger partial charge in [-0.3, -0.25) is 9.78 Å². The zero-order valence-electron chi connectivity index (χ0n) is 10.5. The highest BCUT2D eigenvalue weighted by atomic mass is 35.5. The summed E-state index contributed by atoms with van der Waals surface area (Å²) in [4.78, 5) is 15.5. The van der Waals surface area contributed by atoms with E-state index in [0.717, 1.165) is 11.1 Å². The Hall–Kier alpha value is -1.87. The van der Waals surface area contributed by atoms with Crippen molar-refractivity contribution in [2.75, 3.05) is 0 Å². The monoisotopic (exact) mass is 275 g/mol. The van der Waals surface area contributed by atoms with Crippen LogP contribution in [0.15, 0.2) is 42.6 Å². The Morgan fingerprint density at radius 2 is 2.16 bits per heavy atom. The van der Waals surface area contributed by atoms with Crippen molar-refractivity contribution >= 4 is 17.6 Å². The highest BCUT2D eigenvalue weighted by Crippen LogP contribution is 2.21. The number of pyridine rings is 1. The van der Waals surface area contributed by atoms with Gasteiger partial charge in [0, 0.05) is 6.20 Å². The summed E-state index contributed by atoms with van der Waals surface area (Å²) in [7, 11) is 0. The van der Waals surface area contributed by atoms with Crippen LogP contribution in [0.25, 0.3) is 0 Å². The molecule has 1 aromatic carbocycles. The van der Waals surface area contributed by atoms with Gasteiger partial charge in [0.15, 0.2) is 0 Å². The molecule has 0 saturated carbocycles. The maximum absolute atomic E-state index is 11.4. The molecule has 1 unspecified atom stereocenters. The molecular formula is C15H14ClNO2. The number of halogens is 1. The van der Waals surface area contributed by atoms with Crippen LogP contribution in [0.1, 0.15) is 22.7 Å². The minimum absolute atomic E-state index is 0.422. The quantitative estimate of drug-likeness (QED) is 0.930. The van der Waals surface area contributed by atoms with Crippen molar-refractivity contribution in [2.45, 2.75) is 19.3 Å². The lowest BCUT2D eigenvalue weighted by atomic mass is 9.95. The van der Waals surface area contributed by atoms with E-state index in [4.69, 9.17) is 11.6 Å². The van der Waals surface area contributed by atoms with Crippen LogP contribution in [0.5, 0.6) is 0 Å². The molecule has 0 fully saturated rings. The lowest BCUT2D eigenvalue weighted by Crippen LogP contribution is -2.15. The molecule has 0 spiro atoms. The number of hydrogen-bond donors (Lipinski definition) is 1. The van der Waals surface area contributed by atoms with Crippen LogP contribution in [0.2, 0.25) is 5.02 Å². The van der Waals surface area contributed by atoms with Crippen molar-refractivity contribution in [3.8, 4) is 0 Å². The number of aryl methyl sites for hydroxylation is 1. The summed E-state index contributed by atoms with van der Waals surface area (Å²) >= 11 is 5.77. The van der Waals surface area contributed by atoms with Crippen molar-refractivity contribution in [2.24, 2.45) is 0 Å². The highest BCUT2D eigenvalue weighted by molar-refractivity contribution is 6.30. The molecule has 1 atom stereocenters. The van der Waals surface area contributed by atoms with E-state index in [1.165, 1.54) is 6.20 Å². The van der Waals surface area contributed by atoms with Crippen LogP contribution >= 0.6 is 11.6 Å². The number of hydrogen-bond acceptors (Lipinski definition) is 2. The molecule has 1 N–H and O–H groups in total. The van der Waals surface area contributed by atoms with Gasteiger partial charge in [-0.05, 0) is 31.0 Å². The Morgan fingerprint density at radius 3 is 2.74 bits per heavy atom. The smallest absolute Gasteiger partial charge is 0.312 e. The molecule has 0 saturated heterocycles. The van der Waals surface area contributed by atoms with Gasteiger partial charge in [-0.1, -0.05) is 41.4 Å². The number of carboxylic acids is 1. The van der Waals surface area contributed by atoms with Gasteiger partial charge in [-0.25, -0.2) is 0 Å². The van der Waals surface area contributed by atoms with E-state index in [-0.39, 0.29) is 0 Å². The Balaban J connectivity index is 2.26. The van der Waals surface area contributed by atoms with Gasteiger partial charge in [0.2, 0.25) is 0 Å². The molecule has 0 amide bonds. The number of nitrogens with zero attached hydrogens (tertiary/aromatic N) is 1. The molecule has 19 heavy (non-hydrogen) atoms. The fourth-order valence-electron chi connectivity index (χ4n) is 1.99. The minimum atomic E-state index is -0.878. The van der Waals surface area contributed by atoms with E-state index < -0.39 is 11.9 Å². The molecule has 0 aliphatic carbocycles. The van der Waals surface area contributed by atoms with E-state index in [9.17, 15) is 9.90 Å². The molecule has 1 aromatic heterocycles. The van der Waals surface area contributed by atoms with E-state index in [1.54, 1.807) is 12.1 Å². The van der Waals surface area contributed by atoms with Crippen LogP contribution in [0.4, 0.5) is 0 Å². The molecule has 4 heteroatoms. The van der Waals surface area contributed by atoms with Crippen molar-refractivity contribution in [3.63, 3.8) is 0 Å². The predicted molar refractivity (Wildman–Crippen MR) is 74.5 cm³/mol. The van der Waals surface area contributed by atoms with E-state index >= 15 is 0 Å². The second kappa shape index (κ2) is 5.85. The van der Waals surface area contributed by atoms with E-state index in [1.807, 2.05) is 31.2 Å². The van der Waals surface area contributed by atoms with Crippen LogP contribution in [0, 0.1) is 6.92 Å². The number of benzene rings is 1. The molecule has 1 heterocycles. The van der Waals surface area contributed by atoms with Crippen molar-refractivity contribution in [3.05, 3.63) is 64.4 Å². The summed E-state index contributed by atoms with van der Waals surface area (Å²) < 4.78 is 0. The normalized spacial score (nSPS) is 12.1. The lowest BCUT2D eigenvalue weighted by Gasteiger charge is -2.12. The third kappa shape index (κ3) is 3.55. The summed E-state index contributed by atoms with van der Waals surface area (Å²) in [6.07, 6.45) is 1.90. The molecule has 0 bridgehead atoms. The molecule has 2 aromatic rings. The molecule has 0 aliphatic rings. The largest absolute Gasteiger partial charge is 0.481 e. The molecule has 3 nitrogen and oxygen atoms in total. The van der Waals surface area contributed by atoms with E-state index in [2.05, 4.69) is 4.98 Å². The summed E-state index contributed by atoms with van der Waals surface area (Å²) in [5, 5.41) is 9.86. The zero-order valence-corrected chi connectivity index (χ0v) is 11.3. The van der Waals surface area contributed by atoms with E-state index in [0.29, 0.717) is 17.1 Å². The third-order valence-electron chi connectivity index (χ3n) is 2.93. The molecule has 0 radical (unpaired) electrons. The third-order valence-corrected chi connectivity index (χ3v) is 3.15. The van der Waals surface area contributed by atoms with Crippen LogP contribution < -0.4 is 0 Å². The first-order chi connectivity index (χ1) is 9.06. The number of carboxylic acid groups (broad SMARTS) is 1. The summed E-state index contributed by atoms with van der Waals surface area (Å²) in [6.45, 7) is 1.99. The zero-order chi connectivity index (χ0) is 13.8. The Morgan fingerprint density at radius 1 is 1.37 bits per heavy atom. The second-order valence-electron chi connectivity index (χ2n) is 4.49. The average Bonchev–Trinajstić information content (AvgIpc) is 2.37. The second-order valence-corrected chi connectivity index (χ2v) is 4.92. The molecular weight excluding hydrogens is 262 g/mol. The first-order valence-electron chi connectivity index (χ1n) is 5.96. The molecule has 98 valence electrons. The van der Waals surface area contributed by atoms with Crippen LogP contribution in [0.3, 0.4) is 0 Å². The highest BCUT2D eigenvalue weighted by Gasteiger charge is 2.21. The molecule has 2 rings (SSSR count). The van der Waals surface area contributed by atoms with Crippen LogP contribution in [-0.2, 0) is 11.2 Å². The van der Waals surface area contributed by atoms with Gasteiger partial charge in [-0.15, -0.1) is 0 Å². The van der Waals surface area contributed by atoms with Crippen LogP contribution in [-0.4, -0.2) is 16.1 Å². The number of aliphatic carboxylic acids is 1. The number of aromatic nitrogens is 1. The Labute approximate surface area is 116 Å². The predicted octanol–water partition coefficient (Wildman–Crippen LogP) is 3.45.